The molecule has 0 bridgehead atoms. The number of hydrogen-bond acceptors (Lipinski definition) is 4. The summed E-state index contributed by atoms with van der Waals surface area (Å²) in [7, 11) is 1.46. The van der Waals surface area contributed by atoms with E-state index in [9.17, 15) is 4.79 Å². The van der Waals surface area contributed by atoms with Gasteiger partial charge in [-0.15, -0.1) is 0 Å². The van der Waals surface area contributed by atoms with Crippen LogP contribution >= 0.6 is 0 Å². The number of likely N-dealkylation sites (tertiary alicyclic amines) is 1. The fraction of sp³-hybridized carbons (Fsp3) is 0.611. The van der Waals surface area contributed by atoms with Crippen LogP contribution < -0.4 is 4.74 Å². The molecule has 0 radical (unpaired) electrons. The average molecular weight is 305 g/mol. The van der Waals surface area contributed by atoms with Crippen LogP contribution in [0.4, 0.5) is 0 Å². The molecule has 1 atom stereocenters. The maximum absolute atomic E-state index is 12.1. The first-order chi connectivity index (χ1) is 10.6. The van der Waals surface area contributed by atoms with Crippen LogP contribution in [0.2, 0.25) is 0 Å². The second-order valence-electron chi connectivity index (χ2n) is 6.03. The van der Waals surface area contributed by atoms with Crippen LogP contribution in [0.25, 0.3) is 0 Å². The standard InChI is InChI=1S/C18H27NO3/c1-4-19-10-8-15(9-11-19)17(18(20)21-3)13-22-16-7-5-6-14(2)12-16/h5-7,12,15,17H,4,8-11,13H2,1-3H3. The molecule has 1 unspecified atom stereocenters. The predicted molar refractivity (Wildman–Crippen MR) is 87.0 cm³/mol. The van der Waals surface area contributed by atoms with Crippen molar-refractivity contribution in [3.63, 3.8) is 0 Å². The number of rotatable bonds is 6. The lowest BCUT2D eigenvalue weighted by molar-refractivity contribution is -0.149. The zero-order valence-electron chi connectivity index (χ0n) is 13.9. The second-order valence-corrected chi connectivity index (χ2v) is 6.03. The molecule has 2 rings (SSSR count). The number of aryl methyl sites for hydroxylation is 1. The van der Waals surface area contributed by atoms with Crippen molar-refractivity contribution in [1.29, 1.82) is 0 Å². The van der Waals surface area contributed by atoms with E-state index in [0.717, 1.165) is 43.8 Å². The summed E-state index contributed by atoms with van der Waals surface area (Å²) in [6, 6.07) is 7.93. The SMILES string of the molecule is CCN1CCC(C(COc2cccc(C)c2)C(=O)OC)CC1. The molecular weight excluding hydrogens is 278 g/mol. The van der Waals surface area contributed by atoms with Crippen LogP contribution in [0, 0.1) is 18.8 Å². The Bertz CT molecular complexity index is 481. The molecule has 22 heavy (non-hydrogen) atoms. The summed E-state index contributed by atoms with van der Waals surface area (Å²) in [5.41, 5.74) is 1.16. The van der Waals surface area contributed by atoms with Gasteiger partial charge in [-0.1, -0.05) is 19.1 Å². The number of methoxy groups -OCH3 is 1. The van der Waals surface area contributed by atoms with Crippen molar-refractivity contribution in [1.82, 2.24) is 4.90 Å². The molecular formula is C18H27NO3. The molecule has 122 valence electrons. The van der Waals surface area contributed by atoms with Crippen molar-refractivity contribution in [3.8, 4) is 5.75 Å². The molecule has 0 spiro atoms. The van der Waals surface area contributed by atoms with E-state index < -0.39 is 0 Å². The molecule has 0 N–H and O–H groups in total. The first kappa shape index (κ1) is 16.8. The van der Waals surface area contributed by atoms with E-state index in [4.69, 9.17) is 9.47 Å². The zero-order valence-corrected chi connectivity index (χ0v) is 13.9. The summed E-state index contributed by atoms with van der Waals surface area (Å²) >= 11 is 0. The molecule has 0 saturated carbocycles. The first-order valence-electron chi connectivity index (χ1n) is 8.13. The smallest absolute Gasteiger partial charge is 0.312 e. The molecule has 1 fully saturated rings. The topological polar surface area (TPSA) is 38.8 Å². The van der Waals surface area contributed by atoms with Crippen molar-refractivity contribution in [2.75, 3.05) is 33.4 Å². The number of carbonyl (C=O) groups is 1. The van der Waals surface area contributed by atoms with Crippen LogP contribution in [-0.4, -0.2) is 44.2 Å². The molecule has 4 heteroatoms. The quantitative estimate of drug-likeness (QED) is 0.758. The van der Waals surface area contributed by atoms with E-state index in [0.29, 0.717) is 12.5 Å². The van der Waals surface area contributed by atoms with E-state index in [2.05, 4.69) is 11.8 Å². The Hall–Kier alpha value is -1.55. The van der Waals surface area contributed by atoms with E-state index in [1.807, 2.05) is 31.2 Å². The summed E-state index contributed by atoms with van der Waals surface area (Å²) in [5.74, 6) is 0.840. The largest absolute Gasteiger partial charge is 0.493 e. The van der Waals surface area contributed by atoms with Gasteiger partial charge in [0.1, 0.15) is 12.4 Å². The van der Waals surface area contributed by atoms with Crippen LogP contribution in [0.3, 0.4) is 0 Å². The monoisotopic (exact) mass is 305 g/mol. The van der Waals surface area contributed by atoms with Crippen LogP contribution in [0.15, 0.2) is 24.3 Å². The second kappa shape index (κ2) is 8.18. The number of esters is 1. The first-order valence-corrected chi connectivity index (χ1v) is 8.13. The third kappa shape index (κ3) is 4.47. The van der Waals surface area contributed by atoms with Crippen LogP contribution in [-0.2, 0) is 9.53 Å². The van der Waals surface area contributed by atoms with Gasteiger partial charge in [0.2, 0.25) is 0 Å². The van der Waals surface area contributed by atoms with Crippen LogP contribution in [0.1, 0.15) is 25.3 Å². The average Bonchev–Trinajstić information content (AvgIpc) is 2.55. The Labute approximate surface area is 133 Å². The van der Waals surface area contributed by atoms with Crippen molar-refractivity contribution in [2.24, 2.45) is 11.8 Å². The Morgan fingerprint density at radius 3 is 2.68 bits per heavy atom. The highest BCUT2D eigenvalue weighted by Crippen LogP contribution is 2.27. The number of nitrogens with zero attached hydrogens (tertiary/aromatic N) is 1. The van der Waals surface area contributed by atoms with Gasteiger partial charge in [0.25, 0.3) is 0 Å². The predicted octanol–water partition coefficient (Wildman–Crippen LogP) is 2.89. The fourth-order valence-corrected chi connectivity index (χ4v) is 3.11. The van der Waals surface area contributed by atoms with E-state index >= 15 is 0 Å². The lowest BCUT2D eigenvalue weighted by Gasteiger charge is -2.34. The Morgan fingerprint density at radius 2 is 2.09 bits per heavy atom. The van der Waals surface area contributed by atoms with Crippen molar-refractivity contribution in [3.05, 3.63) is 29.8 Å². The number of benzene rings is 1. The molecule has 1 aliphatic rings. The van der Waals surface area contributed by atoms with Crippen molar-refractivity contribution in [2.45, 2.75) is 26.7 Å². The number of ether oxygens (including phenoxy) is 2. The highest BCUT2D eigenvalue weighted by molar-refractivity contribution is 5.72. The molecule has 1 aliphatic heterocycles. The molecule has 0 aliphatic carbocycles. The zero-order chi connectivity index (χ0) is 15.9. The molecule has 1 heterocycles. The Balaban J connectivity index is 1.96. The minimum atomic E-state index is -0.176. The number of hydrogen-bond donors (Lipinski definition) is 0. The van der Waals surface area contributed by atoms with Gasteiger partial charge in [-0.25, -0.2) is 0 Å². The van der Waals surface area contributed by atoms with Gasteiger partial charge >= 0.3 is 5.97 Å². The Morgan fingerprint density at radius 1 is 1.36 bits per heavy atom. The Kier molecular flexibility index (Phi) is 6.25. The van der Waals surface area contributed by atoms with Gasteiger partial charge in [-0.2, -0.15) is 0 Å². The third-order valence-corrected chi connectivity index (χ3v) is 4.57. The van der Waals surface area contributed by atoms with Gasteiger partial charge in [0.15, 0.2) is 0 Å². The molecule has 1 saturated heterocycles. The summed E-state index contributed by atoms with van der Waals surface area (Å²) in [6.45, 7) is 7.80. The maximum atomic E-state index is 12.1. The highest BCUT2D eigenvalue weighted by atomic mass is 16.5. The lowest BCUT2D eigenvalue weighted by Crippen LogP contribution is -2.40. The molecule has 1 aromatic carbocycles. The summed E-state index contributed by atoms with van der Waals surface area (Å²) in [4.78, 5) is 14.6. The van der Waals surface area contributed by atoms with Gasteiger partial charge in [0.05, 0.1) is 13.0 Å². The van der Waals surface area contributed by atoms with Crippen LogP contribution in [0.5, 0.6) is 5.75 Å². The van der Waals surface area contributed by atoms with E-state index in [-0.39, 0.29) is 11.9 Å². The summed E-state index contributed by atoms with van der Waals surface area (Å²) in [5, 5.41) is 0. The number of carbonyl (C=O) groups excluding carboxylic acids is 1. The minimum absolute atomic E-state index is 0.150. The fourth-order valence-electron chi connectivity index (χ4n) is 3.11. The molecule has 0 amide bonds. The normalized spacial score (nSPS) is 18.0. The van der Waals surface area contributed by atoms with Crippen molar-refractivity contribution < 1.29 is 14.3 Å². The minimum Gasteiger partial charge on any atom is -0.493 e. The van der Waals surface area contributed by atoms with Gasteiger partial charge in [-0.05, 0) is 63.0 Å². The van der Waals surface area contributed by atoms with E-state index in [1.165, 1.54) is 7.11 Å². The third-order valence-electron chi connectivity index (χ3n) is 4.57. The van der Waals surface area contributed by atoms with Gasteiger partial charge in [0, 0.05) is 0 Å². The van der Waals surface area contributed by atoms with E-state index in [1.54, 1.807) is 0 Å². The lowest BCUT2D eigenvalue weighted by atomic mass is 9.84. The summed E-state index contributed by atoms with van der Waals surface area (Å²) in [6.07, 6.45) is 2.07. The van der Waals surface area contributed by atoms with Gasteiger partial charge < -0.3 is 14.4 Å². The van der Waals surface area contributed by atoms with Crippen molar-refractivity contribution >= 4 is 5.97 Å². The molecule has 1 aromatic rings. The highest BCUT2D eigenvalue weighted by Gasteiger charge is 2.32. The van der Waals surface area contributed by atoms with Gasteiger partial charge in [-0.3, -0.25) is 4.79 Å². The number of piperidine rings is 1. The molecule has 0 aromatic heterocycles. The molecule has 4 nitrogen and oxygen atoms in total. The summed E-state index contributed by atoms with van der Waals surface area (Å²) < 4.78 is 10.9. The maximum Gasteiger partial charge on any atom is 0.312 e.